The Kier molecular flexibility index (Phi) is 7.53. The maximum absolute atomic E-state index is 14.0. The predicted octanol–water partition coefficient (Wildman–Crippen LogP) is 3.63. The minimum Gasteiger partial charge on any atom is -0.444 e. The molecule has 11 heteroatoms. The summed E-state index contributed by atoms with van der Waals surface area (Å²) >= 11 is 11.4. The van der Waals surface area contributed by atoms with Gasteiger partial charge in [0.15, 0.2) is 11.6 Å². The third-order valence-electron chi connectivity index (χ3n) is 4.26. The molecule has 1 aromatic rings. The number of nitrogens with zero attached hydrogens (tertiary/aromatic N) is 1. The van der Waals surface area contributed by atoms with Crippen molar-refractivity contribution in [3.8, 4) is 0 Å². The van der Waals surface area contributed by atoms with Crippen molar-refractivity contribution in [2.75, 3.05) is 19.6 Å². The molecule has 7 nitrogen and oxygen atoms in total. The van der Waals surface area contributed by atoms with Gasteiger partial charge in [-0.2, -0.15) is 0 Å². The largest absolute Gasteiger partial charge is 0.444 e. The second-order valence-electron chi connectivity index (χ2n) is 7.71. The number of Topliss-reactive ketones (excluding diaryl/α,β-unsaturated/α-hetero) is 1. The van der Waals surface area contributed by atoms with Crippen molar-refractivity contribution in [2.45, 2.75) is 44.5 Å². The van der Waals surface area contributed by atoms with E-state index in [-0.39, 0.29) is 41.5 Å². The Morgan fingerprint density at radius 2 is 1.83 bits per heavy atom. The molecule has 0 spiro atoms. The van der Waals surface area contributed by atoms with Gasteiger partial charge >= 0.3 is 6.09 Å². The molecule has 1 N–H and O–H groups in total. The number of hydrogen-bond acceptors (Lipinski definition) is 5. The summed E-state index contributed by atoms with van der Waals surface area (Å²) in [5.41, 5.74) is -1.02. The van der Waals surface area contributed by atoms with Gasteiger partial charge in [0.2, 0.25) is 10.0 Å². The summed E-state index contributed by atoms with van der Waals surface area (Å²) in [6.07, 6.45) is -0.106. The molecular weight excluding hydrogens is 446 g/mol. The molecule has 0 aromatic heterocycles. The van der Waals surface area contributed by atoms with Crippen molar-refractivity contribution in [3.05, 3.63) is 33.6 Å². The first-order valence-electron chi connectivity index (χ1n) is 8.94. The molecule has 29 heavy (non-hydrogen) atoms. The molecule has 1 aliphatic heterocycles. The van der Waals surface area contributed by atoms with Gasteiger partial charge in [0.05, 0.1) is 22.4 Å². The molecule has 0 bridgehead atoms. The number of nitrogens with one attached hydrogen (secondary N) is 1. The summed E-state index contributed by atoms with van der Waals surface area (Å²) in [4.78, 5) is 25.7. The first kappa shape index (κ1) is 23.9. The van der Waals surface area contributed by atoms with Crippen LogP contribution in [0.4, 0.5) is 9.18 Å². The fourth-order valence-corrected chi connectivity index (χ4v) is 4.71. The highest BCUT2D eigenvalue weighted by Crippen LogP contribution is 2.24. The number of carbonyl (C=O) groups excluding carboxylic acids is 2. The van der Waals surface area contributed by atoms with Crippen LogP contribution in [0, 0.1) is 5.82 Å². The maximum atomic E-state index is 14.0. The zero-order chi connectivity index (χ0) is 22.0. The molecule has 0 saturated carbocycles. The van der Waals surface area contributed by atoms with Crippen LogP contribution in [0.5, 0.6) is 0 Å². The lowest BCUT2D eigenvalue weighted by molar-refractivity contribution is 0.0217. The second kappa shape index (κ2) is 9.16. The third kappa shape index (κ3) is 6.53. The molecule has 1 heterocycles. The molecular formula is C18H23Cl2FN2O5S. The average molecular weight is 469 g/mol. The van der Waals surface area contributed by atoms with E-state index in [1.54, 1.807) is 20.8 Å². The minimum absolute atomic E-state index is 0.0668. The number of ether oxygens (including phenoxy) is 1. The number of ketones is 1. The van der Waals surface area contributed by atoms with Gasteiger partial charge < -0.3 is 9.64 Å². The van der Waals surface area contributed by atoms with Gasteiger partial charge in [0, 0.05) is 18.1 Å². The number of benzene rings is 1. The minimum atomic E-state index is -3.84. The third-order valence-corrected chi connectivity index (χ3v) is 6.65. The second-order valence-corrected chi connectivity index (χ2v) is 10.6. The highest BCUT2D eigenvalue weighted by atomic mass is 35.5. The molecule has 1 saturated heterocycles. The van der Waals surface area contributed by atoms with Crippen LogP contribution in [-0.4, -0.2) is 55.7 Å². The van der Waals surface area contributed by atoms with Crippen molar-refractivity contribution in [1.29, 1.82) is 0 Å². The smallest absolute Gasteiger partial charge is 0.410 e. The van der Waals surface area contributed by atoms with Crippen LogP contribution in [0.25, 0.3) is 0 Å². The average Bonchev–Trinajstić information content (AvgIpc) is 2.61. The lowest BCUT2D eigenvalue weighted by atomic mass is 10.1. The van der Waals surface area contributed by atoms with Crippen LogP contribution in [0.2, 0.25) is 10.0 Å². The van der Waals surface area contributed by atoms with Gasteiger partial charge in [0.25, 0.3) is 0 Å². The summed E-state index contributed by atoms with van der Waals surface area (Å²) in [5, 5.41) is -1.03. The number of hydrogen-bond donors (Lipinski definition) is 1. The molecule has 0 unspecified atom stereocenters. The highest BCUT2D eigenvalue weighted by Gasteiger charge is 2.33. The quantitative estimate of drug-likeness (QED) is 0.525. The zero-order valence-electron chi connectivity index (χ0n) is 16.3. The summed E-state index contributed by atoms with van der Waals surface area (Å²) in [7, 11) is -3.84. The van der Waals surface area contributed by atoms with E-state index < -0.39 is 45.1 Å². The fourth-order valence-electron chi connectivity index (χ4n) is 2.81. The Bertz CT molecular complexity index is 894. The standard InChI is InChI=1S/C18H23Cl2FN2O5S/c1-18(2,3)28-17(25)23-6-4-12(5-7-23)29(26,27)22-10-15(24)13-8-11(19)9-14(20)16(13)21/h8-9,12,22H,4-7,10H2,1-3H3. The molecule has 1 aromatic carbocycles. The summed E-state index contributed by atoms with van der Waals surface area (Å²) in [6, 6.07) is 2.25. The van der Waals surface area contributed by atoms with Crippen LogP contribution < -0.4 is 4.72 Å². The Morgan fingerprint density at radius 1 is 1.24 bits per heavy atom. The van der Waals surface area contributed by atoms with E-state index in [9.17, 15) is 22.4 Å². The molecule has 1 amide bonds. The van der Waals surface area contributed by atoms with E-state index in [0.29, 0.717) is 0 Å². The van der Waals surface area contributed by atoms with Crippen molar-refractivity contribution < 1.29 is 27.1 Å². The Labute approximate surface area is 179 Å². The first-order chi connectivity index (χ1) is 13.3. The Hall–Kier alpha value is -1.42. The molecule has 0 atom stereocenters. The van der Waals surface area contributed by atoms with E-state index in [1.807, 2.05) is 0 Å². The number of piperidine rings is 1. The van der Waals surface area contributed by atoms with Crippen molar-refractivity contribution in [1.82, 2.24) is 9.62 Å². The number of amides is 1. The van der Waals surface area contributed by atoms with Gasteiger partial charge in [-0.25, -0.2) is 22.3 Å². The van der Waals surface area contributed by atoms with Crippen molar-refractivity contribution in [3.63, 3.8) is 0 Å². The maximum Gasteiger partial charge on any atom is 0.410 e. The lowest BCUT2D eigenvalue weighted by Crippen LogP contribution is -2.47. The van der Waals surface area contributed by atoms with Gasteiger partial charge in [0.1, 0.15) is 5.60 Å². The topological polar surface area (TPSA) is 92.8 Å². The number of carbonyl (C=O) groups is 2. The van der Waals surface area contributed by atoms with Crippen LogP contribution in [0.15, 0.2) is 12.1 Å². The Balaban J connectivity index is 1.94. The molecule has 162 valence electrons. The zero-order valence-corrected chi connectivity index (χ0v) is 18.6. The number of sulfonamides is 1. The molecule has 1 aliphatic rings. The normalized spacial score (nSPS) is 16.0. The fraction of sp³-hybridized carbons (Fsp3) is 0.556. The molecule has 0 radical (unpaired) electrons. The van der Waals surface area contributed by atoms with Crippen LogP contribution >= 0.6 is 23.2 Å². The van der Waals surface area contributed by atoms with Crippen molar-refractivity contribution >= 4 is 45.1 Å². The number of likely N-dealkylation sites (tertiary alicyclic amines) is 1. The van der Waals surface area contributed by atoms with E-state index >= 15 is 0 Å². The van der Waals surface area contributed by atoms with Crippen LogP contribution in [0.3, 0.4) is 0 Å². The SMILES string of the molecule is CC(C)(C)OC(=O)N1CCC(S(=O)(=O)NCC(=O)c2cc(Cl)cc(Cl)c2F)CC1. The van der Waals surface area contributed by atoms with Gasteiger partial charge in [-0.15, -0.1) is 0 Å². The van der Waals surface area contributed by atoms with Crippen LogP contribution in [-0.2, 0) is 14.8 Å². The molecule has 2 rings (SSSR count). The number of halogens is 3. The summed E-state index contributed by atoms with van der Waals surface area (Å²) in [5.74, 6) is -1.74. The van der Waals surface area contributed by atoms with Gasteiger partial charge in [-0.05, 0) is 45.7 Å². The Morgan fingerprint density at radius 3 is 2.38 bits per heavy atom. The van der Waals surface area contributed by atoms with Crippen molar-refractivity contribution in [2.24, 2.45) is 0 Å². The van der Waals surface area contributed by atoms with Crippen LogP contribution in [0.1, 0.15) is 44.0 Å². The molecule has 1 fully saturated rings. The van der Waals surface area contributed by atoms with Gasteiger partial charge in [-0.3, -0.25) is 4.79 Å². The summed E-state index contributed by atoms with van der Waals surface area (Å²) < 4.78 is 46.5. The van der Waals surface area contributed by atoms with E-state index in [1.165, 1.54) is 4.90 Å². The van der Waals surface area contributed by atoms with E-state index in [2.05, 4.69) is 4.72 Å². The lowest BCUT2D eigenvalue weighted by Gasteiger charge is -2.33. The first-order valence-corrected chi connectivity index (χ1v) is 11.2. The summed E-state index contributed by atoms with van der Waals surface area (Å²) in [6.45, 7) is 5.05. The van der Waals surface area contributed by atoms with E-state index in [4.69, 9.17) is 27.9 Å². The predicted molar refractivity (Wildman–Crippen MR) is 109 cm³/mol. The molecule has 0 aliphatic carbocycles. The highest BCUT2D eigenvalue weighted by molar-refractivity contribution is 7.90. The van der Waals surface area contributed by atoms with E-state index in [0.717, 1.165) is 12.1 Å². The van der Waals surface area contributed by atoms with Gasteiger partial charge in [-0.1, -0.05) is 23.2 Å². The number of rotatable bonds is 5. The monoisotopic (exact) mass is 468 g/mol.